The number of alkyl halides is 5. The molecule has 0 bridgehead atoms. The summed E-state index contributed by atoms with van der Waals surface area (Å²) in [5, 5.41) is 8.12. The molecular weight excluding hydrogens is 266 g/mol. The van der Waals surface area contributed by atoms with Gasteiger partial charge in [-0.2, -0.15) is 22.0 Å². The molecule has 0 spiro atoms. The van der Waals surface area contributed by atoms with Crippen molar-refractivity contribution in [2.45, 2.75) is 18.5 Å². The molecule has 0 unspecified atom stereocenters. The largest absolute Gasteiger partial charge is 0.477 e. The molecule has 100 valence electrons. The molecule has 0 fully saturated rings. The fourth-order valence-corrected chi connectivity index (χ4v) is 1.18. The molecule has 0 aliphatic heterocycles. The fourth-order valence-electron chi connectivity index (χ4n) is 1.18. The molecule has 0 saturated heterocycles. The van der Waals surface area contributed by atoms with Crippen molar-refractivity contribution in [3.63, 3.8) is 0 Å². The molecule has 0 saturated carbocycles. The second-order valence-electron chi connectivity index (χ2n) is 3.49. The van der Waals surface area contributed by atoms with E-state index in [-0.39, 0.29) is 6.07 Å². The standard InChI is InChI=1S/C10H6F6O2/c11-7-3-6(10(14,15)16)2-1-5(7)4-9(12,13)8(17)18/h1-3H,4H2,(H,17,18). The van der Waals surface area contributed by atoms with Crippen LogP contribution in [0, 0.1) is 5.82 Å². The first kappa shape index (κ1) is 14.3. The van der Waals surface area contributed by atoms with Gasteiger partial charge in [-0.25, -0.2) is 9.18 Å². The van der Waals surface area contributed by atoms with Crippen LogP contribution in [-0.2, 0) is 17.4 Å². The molecule has 1 aromatic rings. The van der Waals surface area contributed by atoms with Crippen molar-refractivity contribution in [3.05, 3.63) is 35.1 Å². The number of benzene rings is 1. The van der Waals surface area contributed by atoms with E-state index in [1.54, 1.807) is 0 Å². The van der Waals surface area contributed by atoms with Gasteiger partial charge in [0.05, 0.1) is 12.0 Å². The topological polar surface area (TPSA) is 37.3 Å². The molecule has 0 aliphatic rings. The predicted octanol–water partition coefficient (Wildman–Crippen LogP) is 3.11. The second kappa shape index (κ2) is 4.51. The maximum absolute atomic E-state index is 13.1. The van der Waals surface area contributed by atoms with Gasteiger partial charge in [-0.05, 0) is 17.7 Å². The lowest BCUT2D eigenvalue weighted by Gasteiger charge is -2.13. The summed E-state index contributed by atoms with van der Waals surface area (Å²) in [5.41, 5.74) is -2.13. The summed E-state index contributed by atoms with van der Waals surface area (Å²) in [6, 6.07) is 0.957. The highest BCUT2D eigenvalue weighted by atomic mass is 19.4. The lowest BCUT2D eigenvalue weighted by atomic mass is 10.0. The highest BCUT2D eigenvalue weighted by molar-refractivity contribution is 5.75. The fraction of sp³-hybridized carbons (Fsp3) is 0.300. The summed E-state index contributed by atoms with van der Waals surface area (Å²) >= 11 is 0. The van der Waals surface area contributed by atoms with Crippen LogP contribution in [0.3, 0.4) is 0 Å². The summed E-state index contributed by atoms with van der Waals surface area (Å²) in [6.45, 7) is 0. The van der Waals surface area contributed by atoms with E-state index in [0.29, 0.717) is 12.1 Å². The Morgan fingerprint density at radius 2 is 1.72 bits per heavy atom. The molecule has 0 aromatic heterocycles. The van der Waals surface area contributed by atoms with E-state index in [2.05, 4.69) is 0 Å². The minimum atomic E-state index is -4.80. The molecule has 0 amide bonds. The van der Waals surface area contributed by atoms with E-state index in [1.165, 1.54) is 0 Å². The van der Waals surface area contributed by atoms with Gasteiger partial charge in [-0.1, -0.05) is 6.07 Å². The van der Waals surface area contributed by atoms with Gasteiger partial charge in [0.15, 0.2) is 0 Å². The van der Waals surface area contributed by atoms with Gasteiger partial charge in [0, 0.05) is 0 Å². The number of hydrogen-bond donors (Lipinski definition) is 1. The molecular formula is C10H6F6O2. The summed E-state index contributed by atoms with van der Waals surface area (Å²) in [4.78, 5) is 10.1. The van der Waals surface area contributed by atoms with Crippen molar-refractivity contribution in [3.8, 4) is 0 Å². The van der Waals surface area contributed by atoms with Gasteiger partial charge in [0.25, 0.3) is 0 Å². The van der Waals surface area contributed by atoms with Gasteiger partial charge < -0.3 is 5.11 Å². The van der Waals surface area contributed by atoms with Gasteiger partial charge in [0.1, 0.15) is 5.82 Å². The number of halogens is 6. The Kier molecular flexibility index (Phi) is 3.59. The SMILES string of the molecule is O=C(O)C(F)(F)Cc1ccc(C(F)(F)F)cc1F. The van der Waals surface area contributed by atoms with Crippen molar-refractivity contribution in [1.82, 2.24) is 0 Å². The lowest BCUT2D eigenvalue weighted by molar-refractivity contribution is -0.164. The van der Waals surface area contributed by atoms with Gasteiger partial charge in [0.2, 0.25) is 0 Å². The third kappa shape index (κ3) is 3.14. The third-order valence-electron chi connectivity index (χ3n) is 2.11. The van der Waals surface area contributed by atoms with Crippen molar-refractivity contribution in [2.24, 2.45) is 0 Å². The molecule has 18 heavy (non-hydrogen) atoms. The Morgan fingerprint density at radius 1 is 1.17 bits per heavy atom. The van der Waals surface area contributed by atoms with E-state index in [1.807, 2.05) is 0 Å². The number of rotatable bonds is 3. The number of hydrogen-bond acceptors (Lipinski definition) is 1. The van der Waals surface area contributed by atoms with E-state index in [0.717, 1.165) is 0 Å². The first-order valence-electron chi connectivity index (χ1n) is 4.51. The van der Waals surface area contributed by atoms with Crippen molar-refractivity contribution in [2.75, 3.05) is 0 Å². The van der Waals surface area contributed by atoms with E-state index >= 15 is 0 Å². The van der Waals surface area contributed by atoms with Gasteiger partial charge >= 0.3 is 18.1 Å². The Bertz CT molecular complexity index is 466. The van der Waals surface area contributed by atoms with Crippen LogP contribution < -0.4 is 0 Å². The molecule has 0 heterocycles. The summed E-state index contributed by atoms with van der Waals surface area (Å²) in [7, 11) is 0. The van der Waals surface area contributed by atoms with Crippen LogP contribution in [0.4, 0.5) is 26.3 Å². The molecule has 1 aromatic carbocycles. The number of carboxylic acids is 1. The van der Waals surface area contributed by atoms with Gasteiger partial charge in [-0.3, -0.25) is 0 Å². The third-order valence-corrected chi connectivity index (χ3v) is 2.11. The zero-order valence-electron chi connectivity index (χ0n) is 8.56. The number of aliphatic carboxylic acids is 1. The van der Waals surface area contributed by atoms with Crippen molar-refractivity contribution in [1.29, 1.82) is 0 Å². The molecule has 1 rings (SSSR count). The van der Waals surface area contributed by atoms with E-state index in [4.69, 9.17) is 5.11 Å². The number of carbonyl (C=O) groups is 1. The second-order valence-corrected chi connectivity index (χ2v) is 3.49. The maximum atomic E-state index is 13.1. The molecule has 0 aliphatic carbocycles. The van der Waals surface area contributed by atoms with Gasteiger partial charge in [-0.15, -0.1) is 0 Å². The summed E-state index contributed by atoms with van der Waals surface area (Å²) in [6.07, 6.45) is -6.30. The summed E-state index contributed by atoms with van der Waals surface area (Å²) < 4.78 is 75.1. The smallest absolute Gasteiger partial charge is 0.416 e. The predicted molar refractivity (Wildman–Crippen MR) is 47.7 cm³/mol. The monoisotopic (exact) mass is 272 g/mol. The molecule has 2 nitrogen and oxygen atoms in total. The number of carboxylic acid groups (broad SMARTS) is 1. The van der Waals surface area contributed by atoms with Crippen molar-refractivity contribution < 1.29 is 36.2 Å². The summed E-state index contributed by atoms with van der Waals surface area (Å²) in [5.74, 6) is -8.23. The van der Waals surface area contributed by atoms with Crippen LogP contribution in [0.2, 0.25) is 0 Å². The minimum Gasteiger partial charge on any atom is -0.477 e. The average molecular weight is 272 g/mol. The molecule has 8 heteroatoms. The normalized spacial score (nSPS) is 12.6. The molecule has 0 radical (unpaired) electrons. The average Bonchev–Trinajstić information content (AvgIpc) is 2.19. The molecule has 1 N–H and O–H groups in total. The van der Waals surface area contributed by atoms with Crippen LogP contribution in [0.15, 0.2) is 18.2 Å². The minimum absolute atomic E-state index is 0.0489. The van der Waals surface area contributed by atoms with Crippen molar-refractivity contribution >= 4 is 5.97 Å². The van der Waals surface area contributed by atoms with Crippen LogP contribution >= 0.6 is 0 Å². The Labute approximate surface area is 96.8 Å². The Hall–Kier alpha value is -1.73. The lowest BCUT2D eigenvalue weighted by Crippen LogP contribution is -2.31. The van der Waals surface area contributed by atoms with Crippen LogP contribution in [-0.4, -0.2) is 17.0 Å². The van der Waals surface area contributed by atoms with Crippen LogP contribution in [0.5, 0.6) is 0 Å². The molecule has 0 atom stereocenters. The van der Waals surface area contributed by atoms with E-state index < -0.39 is 41.4 Å². The highest BCUT2D eigenvalue weighted by Gasteiger charge is 2.40. The van der Waals surface area contributed by atoms with Crippen LogP contribution in [0.1, 0.15) is 11.1 Å². The quantitative estimate of drug-likeness (QED) is 0.858. The first-order valence-corrected chi connectivity index (χ1v) is 4.51. The zero-order valence-corrected chi connectivity index (χ0v) is 8.56. The first-order chi connectivity index (χ1) is 8.04. The van der Waals surface area contributed by atoms with E-state index in [9.17, 15) is 31.1 Å². The highest BCUT2D eigenvalue weighted by Crippen LogP contribution is 2.31. The maximum Gasteiger partial charge on any atom is 0.416 e. The Morgan fingerprint density at radius 3 is 2.11 bits per heavy atom. The van der Waals surface area contributed by atoms with Crippen LogP contribution in [0.25, 0.3) is 0 Å². The Balaban J connectivity index is 3.04. The zero-order chi connectivity index (χ0) is 14.1.